The lowest BCUT2D eigenvalue weighted by molar-refractivity contribution is 0.0417. The van der Waals surface area contributed by atoms with Crippen LogP contribution in [0.2, 0.25) is 0 Å². The third kappa shape index (κ3) is 6.47. The second-order valence-electron chi connectivity index (χ2n) is 5.86. The smallest absolute Gasteiger partial charge is 0.191 e. The van der Waals surface area contributed by atoms with Gasteiger partial charge in [0.05, 0.1) is 12.1 Å². The molecule has 124 valence electrons. The monoisotopic (exact) mass is 315 g/mol. The molecule has 1 aliphatic carbocycles. The van der Waals surface area contributed by atoms with Crippen molar-refractivity contribution < 1.29 is 5.11 Å². The average Bonchev–Trinajstić information content (AvgIpc) is 2.92. The van der Waals surface area contributed by atoms with Crippen LogP contribution < -0.4 is 10.6 Å². The molecule has 2 atom stereocenters. The van der Waals surface area contributed by atoms with Gasteiger partial charge in [0.1, 0.15) is 0 Å². The molecule has 0 saturated heterocycles. The first-order chi connectivity index (χ1) is 10.1. The molecule has 3 N–H and O–H groups in total. The summed E-state index contributed by atoms with van der Waals surface area (Å²) in [5.41, 5.74) is -0.668. The summed E-state index contributed by atoms with van der Waals surface area (Å²) in [4.78, 5) is 4.60. The molecule has 1 rings (SSSR count). The Kier molecular flexibility index (Phi) is 8.49. The molecular formula is C16H33N3OS. The highest BCUT2D eigenvalue weighted by Gasteiger charge is 2.26. The molecule has 0 aliphatic heterocycles. The van der Waals surface area contributed by atoms with E-state index in [0.29, 0.717) is 12.6 Å². The molecular weight excluding hydrogens is 282 g/mol. The summed E-state index contributed by atoms with van der Waals surface area (Å²) >= 11 is 2.07. The molecule has 1 fully saturated rings. The fourth-order valence-corrected chi connectivity index (χ4v) is 3.81. The lowest BCUT2D eigenvalue weighted by Crippen LogP contribution is -2.44. The van der Waals surface area contributed by atoms with Crippen molar-refractivity contribution in [1.29, 1.82) is 0 Å². The number of thioether (sulfide) groups is 1. The Bertz CT molecular complexity index is 319. The summed E-state index contributed by atoms with van der Waals surface area (Å²) in [6.45, 7) is 9.66. The third-order valence-electron chi connectivity index (χ3n) is 4.32. The average molecular weight is 316 g/mol. The zero-order valence-corrected chi connectivity index (χ0v) is 14.9. The van der Waals surface area contributed by atoms with Crippen molar-refractivity contribution in [2.24, 2.45) is 4.99 Å². The quantitative estimate of drug-likeness (QED) is 0.476. The molecule has 0 aromatic heterocycles. The molecule has 0 aromatic rings. The maximum absolute atomic E-state index is 10.4. The van der Waals surface area contributed by atoms with Gasteiger partial charge in [0.2, 0.25) is 0 Å². The Morgan fingerprint density at radius 1 is 1.24 bits per heavy atom. The van der Waals surface area contributed by atoms with E-state index in [2.05, 4.69) is 41.2 Å². The Labute approximate surface area is 134 Å². The molecule has 21 heavy (non-hydrogen) atoms. The van der Waals surface area contributed by atoms with E-state index in [1.807, 2.05) is 13.8 Å². The maximum Gasteiger partial charge on any atom is 0.191 e. The third-order valence-corrected chi connectivity index (χ3v) is 5.55. The first-order valence-electron chi connectivity index (χ1n) is 8.45. The van der Waals surface area contributed by atoms with E-state index in [0.717, 1.165) is 30.6 Å². The standard InChI is InChI=1S/C16H33N3OS/c1-5-16(20,6-2)12-18-15(17-7-3)19-13-9-10-14(11-13)21-8-4/h13-14,20H,5-12H2,1-4H3,(H2,17,18,19). The minimum atomic E-state index is -0.668. The van der Waals surface area contributed by atoms with Crippen LogP contribution in [0.4, 0.5) is 0 Å². The summed E-state index contributed by atoms with van der Waals surface area (Å²) in [6.07, 6.45) is 5.21. The summed E-state index contributed by atoms with van der Waals surface area (Å²) in [6, 6.07) is 0.517. The Balaban J connectivity index is 2.53. The van der Waals surface area contributed by atoms with Crippen molar-refractivity contribution in [3.63, 3.8) is 0 Å². The molecule has 0 heterocycles. The molecule has 1 saturated carbocycles. The van der Waals surface area contributed by atoms with Crippen LogP contribution in [-0.4, -0.2) is 46.8 Å². The van der Waals surface area contributed by atoms with Gasteiger partial charge in [-0.1, -0.05) is 20.8 Å². The second-order valence-corrected chi connectivity index (χ2v) is 7.44. The van der Waals surface area contributed by atoms with Crippen molar-refractivity contribution in [3.8, 4) is 0 Å². The van der Waals surface area contributed by atoms with E-state index in [-0.39, 0.29) is 0 Å². The fourth-order valence-electron chi connectivity index (χ4n) is 2.67. The van der Waals surface area contributed by atoms with Gasteiger partial charge in [-0.15, -0.1) is 0 Å². The Morgan fingerprint density at radius 2 is 1.95 bits per heavy atom. The van der Waals surface area contributed by atoms with Crippen molar-refractivity contribution in [3.05, 3.63) is 0 Å². The number of aliphatic hydroxyl groups is 1. The molecule has 0 radical (unpaired) electrons. The Hall–Kier alpha value is -0.420. The number of guanidine groups is 1. The number of aliphatic imine (C=N–C) groups is 1. The van der Waals surface area contributed by atoms with Crippen LogP contribution in [-0.2, 0) is 0 Å². The molecule has 0 aromatic carbocycles. The molecule has 0 bridgehead atoms. The lowest BCUT2D eigenvalue weighted by atomic mass is 9.98. The van der Waals surface area contributed by atoms with Gasteiger partial charge in [-0.05, 0) is 44.8 Å². The highest BCUT2D eigenvalue weighted by Crippen LogP contribution is 2.29. The van der Waals surface area contributed by atoms with Gasteiger partial charge < -0.3 is 15.7 Å². The van der Waals surface area contributed by atoms with E-state index in [1.165, 1.54) is 25.0 Å². The first-order valence-corrected chi connectivity index (χ1v) is 9.50. The lowest BCUT2D eigenvalue weighted by Gasteiger charge is -2.24. The summed E-state index contributed by atoms with van der Waals surface area (Å²) in [7, 11) is 0. The summed E-state index contributed by atoms with van der Waals surface area (Å²) < 4.78 is 0. The van der Waals surface area contributed by atoms with E-state index >= 15 is 0 Å². The van der Waals surface area contributed by atoms with Crippen molar-refractivity contribution >= 4 is 17.7 Å². The number of nitrogens with one attached hydrogen (secondary N) is 2. The topological polar surface area (TPSA) is 56.7 Å². The zero-order chi connectivity index (χ0) is 15.7. The van der Waals surface area contributed by atoms with Crippen LogP contribution >= 0.6 is 11.8 Å². The predicted molar refractivity (Wildman–Crippen MR) is 94.2 cm³/mol. The van der Waals surface area contributed by atoms with Gasteiger partial charge in [-0.25, -0.2) is 0 Å². The van der Waals surface area contributed by atoms with Crippen molar-refractivity contribution in [1.82, 2.24) is 10.6 Å². The van der Waals surface area contributed by atoms with Crippen LogP contribution in [0, 0.1) is 0 Å². The maximum atomic E-state index is 10.4. The van der Waals surface area contributed by atoms with Gasteiger partial charge in [0.15, 0.2) is 5.96 Å². The van der Waals surface area contributed by atoms with Gasteiger partial charge in [0, 0.05) is 17.8 Å². The normalized spacial score (nSPS) is 23.4. The zero-order valence-electron chi connectivity index (χ0n) is 14.1. The van der Waals surface area contributed by atoms with Gasteiger partial charge in [0.25, 0.3) is 0 Å². The molecule has 0 spiro atoms. The van der Waals surface area contributed by atoms with Gasteiger partial charge in [-0.3, -0.25) is 4.99 Å². The number of nitrogens with zero attached hydrogens (tertiary/aromatic N) is 1. The number of hydrogen-bond donors (Lipinski definition) is 3. The molecule has 4 nitrogen and oxygen atoms in total. The van der Waals surface area contributed by atoms with E-state index in [9.17, 15) is 5.11 Å². The van der Waals surface area contributed by atoms with Crippen LogP contribution in [0.15, 0.2) is 4.99 Å². The number of rotatable bonds is 8. The van der Waals surface area contributed by atoms with Crippen molar-refractivity contribution in [2.75, 3.05) is 18.8 Å². The Morgan fingerprint density at radius 3 is 2.52 bits per heavy atom. The molecule has 5 heteroatoms. The highest BCUT2D eigenvalue weighted by atomic mass is 32.2. The second kappa shape index (κ2) is 9.57. The van der Waals surface area contributed by atoms with Crippen molar-refractivity contribution in [2.45, 2.75) is 76.7 Å². The van der Waals surface area contributed by atoms with E-state index < -0.39 is 5.60 Å². The van der Waals surface area contributed by atoms with E-state index in [4.69, 9.17) is 0 Å². The minimum Gasteiger partial charge on any atom is -0.388 e. The molecule has 0 amide bonds. The largest absolute Gasteiger partial charge is 0.388 e. The van der Waals surface area contributed by atoms with E-state index in [1.54, 1.807) is 0 Å². The SMILES string of the molecule is CCNC(=NCC(O)(CC)CC)NC1CCC(SCC)C1. The minimum absolute atomic E-state index is 0.467. The predicted octanol–water partition coefficient (Wildman–Crippen LogP) is 2.77. The highest BCUT2D eigenvalue weighted by molar-refractivity contribution is 7.99. The fraction of sp³-hybridized carbons (Fsp3) is 0.938. The van der Waals surface area contributed by atoms with Crippen LogP contribution in [0.5, 0.6) is 0 Å². The van der Waals surface area contributed by atoms with Crippen LogP contribution in [0.3, 0.4) is 0 Å². The van der Waals surface area contributed by atoms with Crippen LogP contribution in [0.25, 0.3) is 0 Å². The molecule has 1 aliphatic rings. The first kappa shape index (κ1) is 18.6. The van der Waals surface area contributed by atoms with Gasteiger partial charge >= 0.3 is 0 Å². The van der Waals surface area contributed by atoms with Gasteiger partial charge in [-0.2, -0.15) is 11.8 Å². The van der Waals surface area contributed by atoms with Crippen LogP contribution in [0.1, 0.15) is 59.8 Å². The molecule has 2 unspecified atom stereocenters. The summed E-state index contributed by atoms with van der Waals surface area (Å²) in [5, 5.41) is 18.0. The summed E-state index contributed by atoms with van der Waals surface area (Å²) in [5.74, 6) is 2.05. The number of hydrogen-bond acceptors (Lipinski definition) is 3.